The fourth-order valence-electron chi connectivity index (χ4n) is 11.1. The highest BCUT2D eigenvalue weighted by molar-refractivity contribution is 7.47. The lowest BCUT2D eigenvalue weighted by Gasteiger charge is -2.21. The lowest BCUT2D eigenvalue weighted by molar-refractivity contribution is -0.161. The molecule has 0 aromatic heterocycles. The van der Waals surface area contributed by atoms with Crippen LogP contribution < -0.4 is 0 Å². The number of rotatable bonds is 72. The molecule has 0 aliphatic heterocycles. The van der Waals surface area contributed by atoms with Gasteiger partial charge in [0.2, 0.25) is 0 Å². The van der Waals surface area contributed by atoms with Gasteiger partial charge in [-0.05, 0) is 37.5 Å². The number of carbonyl (C=O) groups excluding carboxylic acids is 4. The molecule has 19 heteroatoms. The van der Waals surface area contributed by atoms with Crippen molar-refractivity contribution in [1.82, 2.24) is 0 Å². The number of aliphatic hydroxyl groups excluding tert-OH is 1. The van der Waals surface area contributed by atoms with Crippen molar-refractivity contribution in [2.75, 3.05) is 39.6 Å². The molecule has 0 heterocycles. The van der Waals surface area contributed by atoms with Crippen LogP contribution in [0.3, 0.4) is 0 Å². The molecule has 0 rings (SSSR count). The van der Waals surface area contributed by atoms with Gasteiger partial charge in [0.1, 0.15) is 19.3 Å². The summed E-state index contributed by atoms with van der Waals surface area (Å²) in [5.74, 6) is -0.605. The molecule has 0 amide bonds. The van der Waals surface area contributed by atoms with E-state index in [1.165, 1.54) is 186 Å². The van der Waals surface area contributed by atoms with Gasteiger partial charge in [0, 0.05) is 25.7 Å². The van der Waals surface area contributed by atoms with Gasteiger partial charge in [-0.2, -0.15) is 0 Å². The summed E-state index contributed by atoms with van der Waals surface area (Å²) in [5, 5.41) is 10.6. The van der Waals surface area contributed by atoms with Crippen LogP contribution in [0.5, 0.6) is 0 Å². The second kappa shape index (κ2) is 65.0. The van der Waals surface area contributed by atoms with Gasteiger partial charge in [-0.3, -0.25) is 37.3 Å². The molecule has 0 bridgehead atoms. The average Bonchev–Trinajstić information content (AvgIpc) is 2.78. The number of aliphatic hydroxyl groups is 1. The Bertz CT molecular complexity index is 1790. The molecule has 0 radical (unpaired) electrons. The highest BCUT2D eigenvalue weighted by Crippen LogP contribution is 2.45. The molecular weight excluding hydrogens is 1210 g/mol. The lowest BCUT2D eigenvalue weighted by atomic mass is 10.00. The Balaban J connectivity index is 5.13. The van der Waals surface area contributed by atoms with Gasteiger partial charge in [0.05, 0.1) is 26.4 Å². The van der Waals surface area contributed by atoms with Crippen molar-refractivity contribution in [3.63, 3.8) is 0 Å². The molecule has 0 saturated carbocycles. The molecule has 3 N–H and O–H groups in total. The quantitative estimate of drug-likeness (QED) is 0.0222. The van der Waals surface area contributed by atoms with Gasteiger partial charge in [0.15, 0.2) is 12.2 Å². The predicted molar refractivity (Wildman–Crippen MR) is 372 cm³/mol. The second-order valence-electron chi connectivity index (χ2n) is 27.1. The van der Waals surface area contributed by atoms with Gasteiger partial charge in [-0.1, -0.05) is 324 Å². The molecule has 92 heavy (non-hydrogen) atoms. The third kappa shape index (κ3) is 65.4. The summed E-state index contributed by atoms with van der Waals surface area (Å²) in [6.45, 7) is 9.46. The van der Waals surface area contributed by atoms with Crippen LogP contribution in [0.15, 0.2) is 0 Å². The number of phosphoric ester groups is 2. The Morgan fingerprint density at radius 3 is 0.826 bits per heavy atom. The average molecular weight is 1350 g/mol. The molecule has 17 nitrogen and oxygen atoms in total. The Morgan fingerprint density at radius 1 is 0.315 bits per heavy atom. The first kappa shape index (κ1) is 90.1. The van der Waals surface area contributed by atoms with Crippen LogP contribution in [0.25, 0.3) is 0 Å². The van der Waals surface area contributed by atoms with Gasteiger partial charge in [-0.25, -0.2) is 9.13 Å². The molecule has 546 valence electrons. The summed E-state index contributed by atoms with van der Waals surface area (Å²) >= 11 is 0. The summed E-state index contributed by atoms with van der Waals surface area (Å²) in [6, 6.07) is 0. The monoisotopic (exact) mass is 1350 g/mol. The molecule has 0 spiro atoms. The molecule has 6 atom stereocenters. The van der Waals surface area contributed by atoms with Gasteiger partial charge in [0.25, 0.3) is 0 Å². The number of hydrogen-bond acceptors (Lipinski definition) is 15. The molecule has 0 aromatic carbocycles. The maximum Gasteiger partial charge on any atom is 0.472 e. The Labute approximate surface area is 562 Å². The SMILES string of the molecule is CCCCCCCCCCCCCCCCCCCCC(=O)OC[C@H](COP(=O)(O)OC[C@@H](O)COP(=O)(O)OC[C@@H](COC(=O)CCCCCCC)OC(=O)CCCCCCCCC(C)CC)OC(=O)CCCCCCCCCCCCCCCCCCC(C)C. The number of ether oxygens (including phenoxy) is 4. The van der Waals surface area contributed by atoms with Crippen molar-refractivity contribution < 1.29 is 80.2 Å². The zero-order chi connectivity index (χ0) is 67.9. The molecular formula is C73H142O17P2. The molecule has 0 fully saturated rings. The van der Waals surface area contributed by atoms with Crippen molar-refractivity contribution in [1.29, 1.82) is 0 Å². The highest BCUT2D eigenvalue weighted by Gasteiger charge is 2.30. The number of phosphoric acid groups is 2. The van der Waals surface area contributed by atoms with Crippen molar-refractivity contribution in [2.45, 2.75) is 394 Å². The summed E-state index contributed by atoms with van der Waals surface area (Å²) in [6.07, 6.45) is 51.9. The van der Waals surface area contributed by atoms with Crippen LogP contribution in [-0.4, -0.2) is 96.7 Å². The van der Waals surface area contributed by atoms with Crippen molar-refractivity contribution >= 4 is 39.5 Å². The number of esters is 4. The van der Waals surface area contributed by atoms with Gasteiger partial charge >= 0.3 is 39.5 Å². The fourth-order valence-corrected chi connectivity index (χ4v) is 12.7. The summed E-state index contributed by atoms with van der Waals surface area (Å²) < 4.78 is 68.1. The standard InChI is InChI=1S/C73H142O17P2/c1-7-10-12-14-15-16-17-18-19-20-21-25-28-31-34-37-44-50-56-71(76)84-62-69(89-72(77)57-51-45-38-35-32-29-26-23-22-24-27-30-33-36-42-47-53-65(4)5)64-88-92(81,82)86-60-67(74)59-85-91(79,80)87-63-68(61-83-70(75)55-49-41-13-11-8-2)90-73(78)58-52-46-40-39-43-48-54-66(6)9-3/h65-69,74H,7-64H2,1-6H3,(H,79,80)(H,81,82)/t66?,67-,68+,69+/m0/s1. The second-order valence-corrected chi connectivity index (χ2v) is 30.0. The Morgan fingerprint density at radius 2 is 0.554 bits per heavy atom. The lowest BCUT2D eigenvalue weighted by Crippen LogP contribution is -2.30. The van der Waals surface area contributed by atoms with E-state index in [9.17, 15) is 43.2 Å². The third-order valence-corrected chi connectivity index (χ3v) is 19.2. The maximum absolute atomic E-state index is 13.1. The minimum Gasteiger partial charge on any atom is -0.462 e. The first-order chi connectivity index (χ1) is 44.4. The highest BCUT2D eigenvalue weighted by atomic mass is 31.2. The number of carbonyl (C=O) groups is 4. The largest absolute Gasteiger partial charge is 0.472 e. The Kier molecular flexibility index (Phi) is 63.7. The van der Waals surface area contributed by atoms with Crippen LogP contribution in [0.1, 0.15) is 375 Å². The minimum atomic E-state index is -4.95. The summed E-state index contributed by atoms with van der Waals surface area (Å²) in [7, 11) is -9.89. The third-order valence-electron chi connectivity index (χ3n) is 17.3. The smallest absolute Gasteiger partial charge is 0.462 e. The van der Waals surface area contributed by atoms with E-state index < -0.39 is 97.5 Å². The molecule has 0 aliphatic rings. The normalized spacial score (nSPS) is 14.4. The summed E-state index contributed by atoms with van der Waals surface area (Å²) in [5.41, 5.74) is 0. The van der Waals surface area contributed by atoms with E-state index in [1.807, 2.05) is 0 Å². The van der Waals surface area contributed by atoms with E-state index >= 15 is 0 Å². The minimum absolute atomic E-state index is 0.102. The fraction of sp³-hybridized carbons (Fsp3) is 0.945. The van der Waals surface area contributed by atoms with Crippen LogP contribution in [0.4, 0.5) is 0 Å². The van der Waals surface area contributed by atoms with Crippen molar-refractivity contribution in [3.05, 3.63) is 0 Å². The van der Waals surface area contributed by atoms with Crippen LogP contribution in [0.2, 0.25) is 0 Å². The van der Waals surface area contributed by atoms with Crippen molar-refractivity contribution in [2.24, 2.45) is 11.8 Å². The van der Waals surface area contributed by atoms with E-state index in [1.54, 1.807) is 0 Å². The molecule has 0 saturated heterocycles. The van der Waals surface area contributed by atoms with E-state index in [2.05, 4.69) is 41.5 Å². The van der Waals surface area contributed by atoms with Gasteiger partial charge in [-0.15, -0.1) is 0 Å². The Hall–Kier alpha value is -1.94. The van der Waals surface area contributed by atoms with E-state index in [0.29, 0.717) is 25.7 Å². The molecule has 0 aliphatic carbocycles. The molecule has 3 unspecified atom stereocenters. The first-order valence-corrected chi connectivity index (χ1v) is 41.0. The van der Waals surface area contributed by atoms with E-state index in [4.69, 9.17) is 37.0 Å². The van der Waals surface area contributed by atoms with E-state index in [-0.39, 0.29) is 25.7 Å². The summed E-state index contributed by atoms with van der Waals surface area (Å²) in [4.78, 5) is 72.3. The zero-order valence-electron chi connectivity index (χ0n) is 59.9. The topological polar surface area (TPSA) is 237 Å². The maximum atomic E-state index is 13.1. The molecule has 0 aromatic rings. The predicted octanol–water partition coefficient (Wildman–Crippen LogP) is 21.2. The van der Waals surface area contributed by atoms with Crippen LogP contribution in [0, 0.1) is 11.8 Å². The number of hydrogen-bond donors (Lipinski definition) is 3. The number of unbranched alkanes of at least 4 members (excludes halogenated alkanes) is 41. The first-order valence-electron chi connectivity index (χ1n) is 38.0. The zero-order valence-corrected chi connectivity index (χ0v) is 61.6. The van der Waals surface area contributed by atoms with Gasteiger partial charge < -0.3 is 33.8 Å². The van der Waals surface area contributed by atoms with Crippen molar-refractivity contribution in [3.8, 4) is 0 Å². The van der Waals surface area contributed by atoms with Crippen LogP contribution >= 0.6 is 15.6 Å². The van der Waals surface area contributed by atoms with E-state index in [0.717, 1.165) is 108 Å². The van der Waals surface area contributed by atoms with Crippen LogP contribution in [-0.2, 0) is 65.4 Å².